The maximum Gasteiger partial charge on any atom is 0.0431 e. The van der Waals surface area contributed by atoms with Crippen molar-refractivity contribution >= 4 is 0 Å². The van der Waals surface area contributed by atoms with Gasteiger partial charge in [-0.05, 0) is 38.3 Å². The topological polar surface area (TPSA) is 49.5 Å². The summed E-state index contributed by atoms with van der Waals surface area (Å²) in [5.41, 5.74) is 5.79. The number of nitrogens with two attached hydrogens (primary N) is 1. The van der Waals surface area contributed by atoms with Gasteiger partial charge in [0.15, 0.2) is 0 Å². The summed E-state index contributed by atoms with van der Waals surface area (Å²) in [6.45, 7) is 5.87. The van der Waals surface area contributed by atoms with E-state index < -0.39 is 0 Å². The molecular formula is C12H26N2O. The van der Waals surface area contributed by atoms with Crippen LogP contribution < -0.4 is 5.73 Å². The Labute approximate surface area is 93.6 Å². The Morgan fingerprint density at radius 2 is 2.00 bits per heavy atom. The number of unbranched alkanes of at least 4 members (excludes halogenated alkanes) is 3. The van der Waals surface area contributed by atoms with E-state index in [-0.39, 0.29) is 0 Å². The van der Waals surface area contributed by atoms with Crippen LogP contribution in [0.15, 0.2) is 0 Å². The minimum Gasteiger partial charge on any atom is -0.396 e. The standard InChI is InChI=1S/C12H26N2O/c1-11-6-8-14(12(11)10-13)7-4-2-3-5-9-15/h11-12,15H,2-10,13H2,1H3. The quantitative estimate of drug-likeness (QED) is 0.626. The van der Waals surface area contributed by atoms with Crippen molar-refractivity contribution < 1.29 is 5.11 Å². The average Bonchev–Trinajstić information content (AvgIpc) is 2.59. The van der Waals surface area contributed by atoms with E-state index in [0.717, 1.165) is 25.3 Å². The van der Waals surface area contributed by atoms with Crippen molar-refractivity contribution in [3.8, 4) is 0 Å². The number of likely N-dealkylation sites (tertiary alicyclic amines) is 1. The fourth-order valence-corrected chi connectivity index (χ4v) is 2.53. The molecule has 0 amide bonds. The van der Waals surface area contributed by atoms with Crippen LogP contribution in [0.4, 0.5) is 0 Å². The second-order valence-corrected chi connectivity index (χ2v) is 4.74. The summed E-state index contributed by atoms with van der Waals surface area (Å²) in [5.74, 6) is 0.771. The molecule has 1 saturated heterocycles. The van der Waals surface area contributed by atoms with Gasteiger partial charge < -0.3 is 10.8 Å². The van der Waals surface area contributed by atoms with Gasteiger partial charge in [0.1, 0.15) is 0 Å². The summed E-state index contributed by atoms with van der Waals surface area (Å²) in [6.07, 6.45) is 5.91. The van der Waals surface area contributed by atoms with Gasteiger partial charge in [-0.1, -0.05) is 19.8 Å². The molecule has 1 rings (SSSR count). The van der Waals surface area contributed by atoms with Crippen LogP contribution in [-0.2, 0) is 0 Å². The van der Waals surface area contributed by atoms with E-state index in [1.54, 1.807) is 0 Å². The van der Waals surface area contributed by atoms with E-state index in [0.29, 0.717) is 12.6 Å². The average molecular weight is 214 g/mol. The minimum atomic E-state index is 0.339. The number of hydrogen-bond donors (Lipinski definition) is 2. The molecule has 0 aliphatic carbocycles. The lowest BCUT2D eigenvalue weighted by molar-refractivity contribution is 0.229. The third-order valence-corrected chi connectivity index (χ3v) is 3.59. The molecule has 0 aromatic rings. The molecule has 3 nitrogen and oxygen atoms in total. The molecule has 1 aliphatic heterocycles. The van der Waals surface area contributed by atoms with Gasteiger partial charge in [0, 0.05) is 19.2 Å². The summed E-state index contributed by atoms with van der Waals surface area (Å²) < 4.78 is 0. The predicted molar refractivity (Wildman–Crippen MR) is 63.8 cm³/mol. The third kappa shape index (κ3) is 4.09. The smallest absolute Gasteiger partial charge is 0.0431 e. The van der Waals surface area contributed by atoms with Crippen LogP contribution in [0.1, 0.15) is 39.0 Å². The molecule has 0 bridgehead atoms. The van der Waals surface area contributed by atoms with Gasteiger partial charge in [0.05, 0.1) is 0 Å². The highest BCUT2D eigenvalue weighted by molar-refractivity contribution is 4.84. The highest BCUT2D eigenvalue weighted by atomic mass is 16.2. The highest BCUT2D eigenvalue weighted by Gasteiger charge is 2.28. The molecular weight excluding hydrogens is 188 g/mol. The summed E-state index contributed by atoms with van der Waals surface area (Å²) in [7, 11) is 0. The van der Waals surface area contributed by atoms with Crippen LogP contribution in [0.5, 0.6) is 0 Å². The number of aliphatic hydroxyl groups is 1. The van der Waals surface area contributed by atoms with Crippen molar-refractivity contribution in [2.75, 3.05) is 26.2 Å². The Kier molecular flexibility index (Phi) is 6.22. The number of aliphatic hydroxyl groups excluding tert-OH is 1. The largest absolute Gasteiger partial charge is 0.396 e. The predicted octanol–water partition coefficient (Wildman–Crippen LogP) is 1.21. The van der Waals surface area contributed by atoms with Gasteiger partial charge in [0.25, 0.3) is 0 Å². The van der Waals surface area contributed by atoms with Crippen molar-refractivity contribution in [1.29, 1.82) is 0 Å². The van der Waals surface area contributed by atoms with E-state index in [1.807, 2.05) is 0 Å². The Morgan fingerprint density at radius 3 is 2.67 bits per heavy atom. The number of hydrogen-bond acceptors (Lipinski definition) is 3. The van der Waals surface area contributed by atoms with Crippen LogP contribution in [0, 0.1) is 5.92 Å². The first-order chi connectivity index (χ1) is 7.29. The summed E-state index contributed by atoms with van der Waals surface area (Å²) >= 11 is 0. The van der Waals surface area contributed by atoms with Crippen LogP contribution in [0.25, 0.3) is 0 Å². The molecule has 3 heteroatoms. The molecule has 1 fully saturated rings. The number of nitrogens with zero attached hydrogens (tertiary/aromatic N) is 1. The van der Waals surface area contributed by atoms with E-state index in [9.17, 15) is 0 Å². The summed E-state index contributed by atoms with van der Waals surface area (Å²) in [6, 6.07) is 0.614. The van der Waals surface area contributed by atoms with Crippen molar-refractivity contribution in [2.24, 2.45) is 11.7 Å². The molecule has 15 heavy (non-hydrogen) atoms. The molecule has 2 unspecified atom stereocenters. The highest BCUT2D eigenvalue weighted by Crippen LogP contribution is 2.23. The maximum atomic E-state index is 8.67. The van der Waals surface area contributed by atoms with Crippen LogP contribution >= 0.6 is 0 Å². The van der Waals surface area contributed by atoms with Gasteiger partial charge >= 0.3 is 0 Å². The molecule has 90 valence electrons. The first-order valence-electron chi connectivity index (χ1n) is 6.34. The first-order valence-corrected chi connectivity index (χ1v) is 6.34. The Balaban J connectivity index is 2.10. The zero-order chi connectivity index (χ0) is 11.1. The van der Waals surface area contributed by atoms with E-state index in [4.69, 9.17) is 10.8 Å². The zero-order valence-electron chi connectivity index (χ0n) is 9.99. The molecule has 0 saturated carbocycles. The molecule has 3 N–H and O–H groups in total. The SMILES string of the molecule is CC1CCN(CCCCCCO)C1CN. The molecule has 0 aromatic heterocycles. The molecule has 0 spiro atoms. The minimum absolute atomic E-state index is 0.339. The summed E-state index contributed by atoms with van der Waals surface area (Å²) in [4.78, 5) is 2.55. The second kappa shape index (κ2) is 7.20. The first kappa shape index (κ1) is 12.9. The molecule has 0 radical (unpaired) electrons. The molecule has 1 aliphatic rings. The van der Waals surface area contributed by atoms with Gasteiger partial charge in [-0.2, -0.15) is 0 Å². The van der Waals surface area contributed by atoms with Gasteiger partial charge in [-0.15, -0.1) is 0 Å². The van der Waals surface area contributed by atoms with Gasteiger partial charge in [-0.25, -0.2) is 0 Å². The Morgan fingerprint density at radius 1 is 1.27 bits per heavy atom. The molecule has 1 heterocycles. The van der Waals surface area contributed by atoms with Crippen molar-refractivity contribution in [3.63, 3.8) is 0 Å². The fraction of sp³-hybridized carbons (Fsp3) is 1.00. The normalized spacial score (nSPS) is 27.4. The molecule has 0 aromatic carbocycles. The lowest BCUT2D eigenvalue weighted by Gasteiger charge is -2.25. The monoisotopic (exact) mass is 214 g/mol. The van der Waals surface area contributed by atoms with Gasteiger partial charge in [0.2, 0.25) is 0 Å². The summed E-state index contributed by atoms with van der Waals surface area (Å²) in [5, 5.41) is 8.67. The lowest BCUT2D eigenvalue weighted by atomic mass is 10.0. The Bertz CT molecular complexity index is 164. The van der Waals surface area contributed by atoms with Crippen LogP contribution in [-0.4, -0.2) is 42.3 Å². The number of rotatable bonds is 7. The van der Waals surface area contributed by atoms with E-state index >= 15 is 0 Å². The van der Waals surface area contributed by atoms with Gasteiger partial charge in [-0.3, -0.25) is 4.90 Å². The van der Waals surface area contributed by atoms with E-state index in [2.05, 4.69) is 11.8 Å². The molecule has 2 atom stereocenters. The lowest BCUT2D eigenvalue weighted by Crippen LogP contribution is -2.38. The fourth-order valence-electron chi connectivity index (χ4n) is 2.53. The van der Waals surface area contributed by atoms with Crippen molar-refractivity contribution in [2.45, 2.75) is 45.1 Å². The van der Waals surface area contributed by atoms with Crippen molar-refractivity contribution in [3.05, 3.63) is 0 Å². The zero-order valence-corrected chi connectivity index (χ0v) is 9.99. The van der Waals surface area contributed by atoms with Crippen LogP contribution in [0.2, 0.25) is 0 Å². The van der Waals surface area contributed by atoms with Crippen LogP contribution in [0.3, 0.4) is 0 Å². The second-order valence-electron chi connectivity index (χ2n) is 4.74. The van der Waals surface area contributed by atoms with E-state index in [1.165, 1.54) is 32.4 Å². The Hall–Kier alpha value is -0.120. The third-order valence-electron chi connectivity index (χ3n) is 3.59. The maximum absolute atomic E-state index is 8.67. The van der Waals surface area contributed by atoms with Crippen molar-refractivity contribution in [1.82, 2.24) is 4.90 Å².